The zero-order valence-corrected chi connectivity index (χ0v) is 76.9. The van der Waals surface area contributed by atoms with Crippen molar-refractivity contribution in [3.63, 3.8) is 0 Å². The number of alkyl halides is 2. The number of carboxylic acids is 2. The van der Waals surface area contributed by atoms with Crippen molar-refractivity contribution in [2.45, 2.75) is 113 Å². The molecule has 10 rings (SSSR count). The molecule has 0 spiro atoms. The number of carbonyl (C=O) groups is 6. The van der Waals surface area contributed by atoms with Gasteiger partial charge < -0.3 is 75.0 Å². The minimum absolute atomic E-state index is 0.00136. The molecule has 1 fully saturated rings. The van der Waals surface area contributed by atoms with Crippen LogP contribution in [0, 0.1) is 0 Å². The summed E-state index contributed by atoms with van der Waals surface area (Å²) in [7, 11) is -5.88. The maximum Gasteiger partial charge on any atom is 0.326 e. The van der Waals surface area contributed by atoms with Gasteiger partial charge in [0.2, 0.25) is 37.8 Å². The Morgan fingerprint density at radius 3 is 1.10 bits per heavy atom. The summed E-state index contributed by atoms with van der Waals surface area (Å²) in [6.07, 6.45) is -2.66. The van der Waals surface area contributed by atoms with Gasteiger partial charge in [0.1, 0.15) is 6.04 Å². The quantitative estimate of drug-likeness (QED) is 0.0139. The molecule has 0 bridgehead atoms. The number of likely N-dealkylation sites (N-methyl/N-ethyl adjacent to an activating group) is 3. The van der Waals surface area contributed by atoms with E-state index in [2.05, 4.69) is 67.6 Å². The molecule has 674 valence electrons. The van der Waals surface area contributed by atoms with E-state index in [1.54, 1.807) is 54.6 Å². The summed E-state index contributed by atoms with van der Waals surface area (Å²) >= 11 is 32.9. The molecule has 31 nitrogen and oxygen atoms in total. The third-order valence-electron chi connectivity index (χ3n) is 21.2. The minimum atomic E-state index is -3.95. The van der Waals surface area contributed by atoms with Crippen LogP contribution in [0.2, 0.25) is 25.1 Å². The summed E-state index contributed by atoms with van der Waals surface area (Å²) in [4.78, 5) is 85.3. The fourth-order valence-corrected chi connectivity index (χ4v) is 21.3. The van der Waals surface area contributed by atoms with E-state index < -0.39 is 83.8 Å². The largest absolute Gasteiger partial charge is 0.481 e. The van der Waals surface area contributed by atoms with Crippen LogP contribution < -0.4 is 62.0 Å². The topological polar surface area (TPSA) is 407 Å². The molecule has 6 aromatic rings. The van der Waals surface area contributed by atoms with Crippen molar-refractivity contribution in [2.75, 3.05) is 164 Å². The molecule has 123 heavy (non-hydrogen) atoms. The number of ether oxygens (including phenoxy) is 6. The van der Waals surface area contributed by atoms with E-state index in [0.29, 0.717) is 63.3 Å². The number of amides is 5. The van der Waals surface area contributed by atoms with E-state index in [4.69, 9.17) is 86.4 Å². The first kappa shape index (κ1) is 98.7. The fourth-order valence-electron chi connectivity index (χ4n) is 15.0. The maximum absolute atomic E-state index is 13.9. The minimum Gasteiger partial charge on any atom is -0.481 e. The van der Waals surface area contributed by atoms with Crippen LogP contribution in [0.25, 0.3) is 0 Å². The zero-order valence-electron chi connectivity index (χ0n) is 68.5. The number of benzene rings is 6. The number of sulfonamides is 3. The second-order valence-corrected chi connectivity index (χ2v) is 41.2. The van der Waals surface area contributed by atoms with E-state index >= 15 is 0 Å². The van der Waals surface area contributed by atoms with Crippen molar-refractivity contribution in [3.8, 4) is 0 Å². The number of carbonyl (C=O) groups excluding carboxylic acids is 4. The van der Waals surface area contributed by atoms with Gasteiger partial charge in [-0.15, -0.1) is 0 Å². The Balaban J connectivity index is 0.675. The third-order valence-corrected chi connectivity index (χ3v) is 29.5. The van der Waals surface area contributed by atoms with Gasteiger partial charge in [-0.25, -0.2) is 35.9 Å². The van der Waals surface area contributed by atoms with Crippen LogP contribution in [0.5, 0.6) is 0 Å². The Morgan fingerprint density at radius 2 is 0.772 bits per heavy atom. The maximum atomic E-state index is 13.9. The molecular weight excluding hydrogens is 1870 g/mol. The van der Waals surface area contributed by atoms with Crippen LogP contribution in [-0.4, -0.2) is 261 Å². The molecule has 40 heteroatoms. The summed E-state index contributed by atoms with van der Waals surface area (Å²) in [5.41, 5.74) is 8.01. The molecule has 0 aromatic heterocycles. The Labute approximate surface area is 753 Å². The smallest absolute Gasteiger partial charge is 0.326 e. The molecule has 0 radical (unpaired) electrons. The summed E-state index contributed by atoms with van der Waals surface area (Å²) in [5, 5.41) is 35.2. The van der Waals surface area contributed by atoms with Crippen molar-refractivity contribution in [3.05, 3.63) is 190 Å². The fraction of sp³-hybridized carbons (Fsp3) is 0.494. The molecule has 5 atom stereocenters. The zero-order chi connectivity index (χ0) is 88.4. The number of halogens is 6. The van der Waals surface area contributed by atoms with Gasteiger partial charge in [-0.05, 0) is 115 Å². The van der Waals surface area contributed by atoms with Gasteiger partial charge in [0.25, 0.3) is 0 Å². The van der Waals surface area contributed by atoms with E-state index in [1.165, 1.54) is 22.1 Å². The number of carboxylic acid groups (broad SMARTS) is 2. The second kappa shape index (κ2) is 47.5. The van der Waals surface area contributed by atoms with Gasteiger partial charge in [-0.3, -0.25) is 19.2 Å². The number of rotatable bonds is 51. The summed E-state index contributed by atoms with van der Waals surface area (Å²) in [6, 6.07) is 28.7. The monoisotopic (exact) mass is 1970 g/mol. The first-order valence-electron chi connectivity index (χ1n) is 40.3. The van der Waals surface area contributed by atoms with Gasteiger partial charge in [0.15, 0.2) is 0 Å². The molecule has 6 aromatic carbocycles. The molecule has 0 aliphatic carbocycles. The molecule has 10 N–H and O–H groups in total. The third kappa shape index (κ3) is 30.3. The Morgan fingerprint density at radius 1 is 0.447 bits per heavy atom. The molecule has 4 heterocycles. The SMILES string of the molecule is CN1Cc2c(Cl)cc(Cl)cc2[C@H](c2cccc(S(=O)(=O)NCCOCCOCCNC(=O)CCC(CCC(=O)NCCOCCOCCNS(=O)(=O)c3cccc([C@@H]4CN(C)Cc5c(Cl)cc(Cl)cc54)c3)(CCC(=O)NCCOCCOCCNS(=O)(=O)c3cccc([C@@H]4CN(C)Cc5c(Cl)cc(C6C[I-]6)cc54)c3)NC(=O)N[C@@H](CC(=O)O)C(=O)O)c2)C1. The number of fused-ring (bicyclic) bond motifs is 3. The van der Waals surface area contributed by atoms with Crippen molar-refractivity contribution >= 4 is 124 Å². The molecule has 5 amide bonds. The Bertz CT molecular complexity index is 4840. The molecule has 1 saturated heterocycles. The average molecular weight is 1980 g/mol. The normalized spacial score (nSPS) is 17.2. The number of urea groups is 1. The van der Waals surface area contributed by atoms with Crippen LogP contribution in [0.4, 0.5) is 4.79 Å². The predicted molar refractivity (Wildman–Crippen MR) is 461 cm³/mol. The van der Waals surface area contributed by atoms with Crippen LogP contribution in [-0.2, 0) is 102 Å². The van der Waals surface area contributed by atoms with Crippen molar-refractivity contribution in [1.82, 2.24) is 55.4 Å². The standard InChI is InChI=1S/C83H106Cl5IN11O20S3/c1-98-48-66(63-40-57(75-47-89-75)41-72(86)69(63)51-98)54-7-4-10-60(37-54)121(109,110)93-22-28-118-34-31-115-25-19-90-77(101)13-16-83(97-82(108)96-76(81(106)107)46-80(104)105,17-14-78(102)91-20-26-116-32-35-119-29-23-94-122(111,112)61-11-5-8-55(38-61)67-49-99(2)52-70-64(67)42-58(84)44-73(70)87)18-15-79(103)92-21-27-117-33-36-120-30-24-95-123(113,114)62-12-6-9-56(39-62)68-50-100(3)53-71-65(68)43-59(85)45-74(71)88/h4-12,37-45,66-68,75-76,93-95H,13-36,46-53H2,1-3H3,(H,90,101)(H,91,102)(H,92,103)(H,104,105)(H,106,107)(H2,96,97,108)/q-1/t66-,67-,68-,75?,76-/m0/s1. The summed E-state index contributed by atoms with van der Waals surface area (Å²) < 4.78 is 125. The van der Waals surface area contributed by atoms with Crippen molar-refractivity contribution in [1.29, 1.82) is 0 Å². The van der Waals surface area contributed by atoms with Crippen molar-refractivity contribution < 1.29 is 114 Å². The van der Waals surface area contributed by atoms with Crippen LogP contribution >= 0.6 is 58.0 Å². The summed E-state index contributed by atoms with van der Waals surface area (Å²) in [5.74, 6) is -5.27. The van der Waals surface area contributed by atoms with Crippen molar-refractivity contribution in [2.24, 2.45) is 0 Å². The van der Waals surface area contributed by atoms with Gasteiger partial charge in [-0.2, -0.15) is 0 Å². The number of nitrogens with one attached hydrogen (secondary N) is 8. The second-order valence-electron chi connectivity index (χ2n) is 30.5. The van der Waals surface area contributed by atoms with Crippen LogP contribution in [0.15, 0.2) is 124 Å². The first-order valence-corrected chi connectivity index (χ1v) is 49.4. The number of aliphatic carboxylic acids is 2. The molecular formula is C83H106Cl5IN11O20S3-. The molecule has 0 saturated carbocycles. The average Bonchev–Trinajstić information content (AvgIpc) is 1.55. The number of hydrogen-bond donors (Lipinski definition) is 10. The Hall–Kier alpha value is -6.51. The van der Waals surface area contributed by atoms with E-state index in [-0.39, 0.29) is 211 Å². The van der Waals surface area contributed by atoms with Gasteiger partial charge in [0, 0.05) is 116 Å². The van der Waals surface area contributed by atoms with Gasteiger partial charge in [0.05, 0.1) is 88.9 Å². The van der Waals surface area contributed by atoms with Crippen LogP contribution in [0.3, 0.4) is 0 Å². The summed E-state index contributed by atoms with van der Waals surface area (Å²) in [6.45, 7) is 4.26. The Kier molecular flexibility index (Phi) is 38.1. The van der Waals surface area contributed by atoms with Gasteiger partial charge in [-0.1, -0.05) is 70.7 Å². The number of hydrogen-bond acceptors (Lipinski definition) is 21. The van der Waals surface area contributed by atoms with Gasteiger partial charge >= 0.3 is 195 Å². The first-order chi connectivity index (χ1) is 58.7. The van der Waals surface area contributed by atoms with Crippen LogP contribution in [0.1, 0.15) is 122 Å². The van der Waals surface area contributed by atoms with E-state index in [1.807, 2.05) is 51.5 Å². The number of nitrogens with zero attached hydrogens (tertiary/aromatic N) is 3. The molecule has 1 unspecified atom stereocenters. The molecule has 4 aliphatic rings. The van der Waals surface area contributed by atoms with E-state index in [0.717, 1.165) is 55.1 Å². The predicted octanol–water partition coefficient (Wildman–Crippen LogP) is 4.82. The van der Waals surface area contributed by atoms with E-state index in [9.17, 15) is 64.2 Å². The molecule has 4 aliphatic heterocycles.